The second kappa shape index (κ2) is 7.58. The van der Waals surface area contributed by atoms with Crippen LogP contribution in [-0.4, -0.2) is 8.42 Å². The van der Waals surface area contributed by atoms with Gasteiger partial charge in [-0.05, 0) is 54.3 Å². The Kier molecular flexibility index (Phi) is 5.24. The van der Waals surface area contributed by atoms with Gasteiger partial charge in [0, 0.05) is 0 Å². The summed E-state index contributed by atoms with van der Waals surface area (Å²) in [5, 5.41) is 0. The summed E-state index contributed by atoms with van der Waals surface area (Å²) in [6.45, 7) is 6.02. The van der Waals surface area contributed by atoms with Crippen molar-refractivity contribution in [1.82, 2.24) is 0 Å². The summed E-state index contributed by atoms with van der Waals surface area (Å²) in [4.78, 5) is 0.143. The molecule has 0 aliphatic carbocycles. The Morgan fingerprint density at radius 3 is 2.12 bits per heavy atom. The van der Waals surface area contributed by atoms with Gasteiger partial charge < -0.3 is 4.18 Å². The zero-order valence-corrected chi connectivity index (χ0v) is 15.4. The Morgan fingerprint density at radius 2 is 1.50 bits per heavy atom. The van der Waals surface area contributed by atoms with Crippen molar-refractivity contribution in [1.29, 1.82) is 0 Å². The molecule has 0 amide bonds. The first kappa shape index (κ1) is 18.0. The summed E-state index contributed by atoms with van der Waals surface area (Å²) in [6, 6.07) is 23.6. The third-order valence-corrected chi connectivity index (χ3v) is 5.30. The van der Waals surface area contributed by atoms with Crippen LogP contribution in [-0.2, 0) is 16.5 Å². The molecule has 26 heavy (non-hydrogen) atoms. The van der Waals surface area contributed by atoms with E-state index < -0.39 is 10.1 Å². The summed E-state index contributed by atoms with van der Waals surface area (Å²) < 4.78 is 29.9. The van der Waals surface area contributed by atoms with E-state index in [2.05, 4.69) is 6.58 Å². The highest BCUT2D eigenvalue weighted by Gasteiger charge is 2.16. The summed E-state index contributed by atoms with van der Waals surface area (Å²) in [6.07, 6.45) is 0.689. The molecule has 4 heteroatoms. The van der Waals surface area contributed by atoms with E-state index in [1.807, 2.05) is 49.4 Å². The molecule has 3 aromatic carbocycles. The molecule has 0 N–H and O–H groups in total. The van der Waals surface area contributed by atoms with Crippen LogP contribution < -0.4 is 4.18 Å². The van der Waals surface area contributed by atoms with Crippen LogP contribution in [0.1, 0.15) is 16.7 Å². The van der Waals surface area contributed by atoms with E-state index in [-0.39, 0.29) is 4.90 Å². The molecule has 3 nitrogen and oxygen atoms in total. The third kappa shape index (κ3) is 4.41. The first-order chi connectivity index (χ1) is 12.4. The highest BCUT2D eigenvalue weighted by Crippen LogP contribution is 2.22. The van der Waals surface area contributed by atoms with Gasteiger partial charge in [0.1, 0.15) is 10.6 Å². The largest absolute Gasteiger partial charge is 0.379 e. The topological polar surface area (TPSA) is 43.4 Å². The van der Waals surface area contributed by atoms with Gasteiger partial charge in [-0.15, -0.1) is 0 Å². The highest BCUT2D eigenvalue weighted by molar-refractivity contribution is 7.87. The van der Waals surface area contributed by atoms with Crippen molar-refractivity contribution < 1.29 is 12.6 Å². The molecular weight excluding hydrogens is 344 g/mol. The van der Waals surface area contributed by atoms with E-state index in [0.29, 0.717) is 12.2 Å². The Morgan fingerprint density at radius 1 is 0.885 bits per heavy atom. The molecule has 0 fully saturated rings. The summed E-state index contributed by atoms with van der Waals surface area (Å²) in [5.74, 6) is 0.291. The zero-order chi connectivity index (χ0) is 18.6. The fourth-order valence-electron chi connectivity index (χ4n) is 2.56. The number of allylic oxidation sites excluding steroid dienone is 1. The number of rotatable bonds is 6. The van der Waals surface area contributed by atoms with Gasteiger partial charge in [0.25, 0.3) is 0 Å². The molecule has 0 saturated heterocycles. The second-order valence-corrected chi connectivity index (χ2v) is 7.69. The maximum atomic E-state index is 12.3. The predicted molar refractivity (Wildman–Crippen MR) is 105 cm³/mol. The Balaban J connectivity index is 1.69. The molecule has 0 unspecified atom stereocenters. The Bertz CT molecular complexity index is 988. The lowest BCUT2D eigenvalue weighted by Gasteiger charge is -2.09. The first-order valence-electron chi connectivity index (χ1n) is 8.27. The molecule has 0 aliphatic heterocycles. The quantitative estimate of drug-likeness (QED) is 0.577. The van der Waals surface area contributed by atoms with Gasteiger partial charge in [0.05, 0.1) is 0 Å². The molecule has 132 valence electrons. The maximum absolute atomic E-state index is 12.3. The van der Waals surface area contributed by atoms with E-state index in [1.165, 1.54) is 0 Å². The van der Waals surface area contributed by atoms with E-state index in [1.54, 1.807) is 36.4 Å². The van der Waals surface area contributed by atoms with E-state index in [4.69, 9.17) is 4.18 Å². The van der Waals surface area contributed by atoms with Crippen molar-refractivity contribution in [2.24, 2.45) is 0 Å². The number of hydrogen-bond acceptors (Lipinski definition) is 3. The Labute approximate surface area is 154 Å². The van der Waals surface area contributed by atoms with E-state index in [9.17, 15) is 8.42 Å². The van der Waals surface area contributed by atoms with Crippen molar-refractivity contribution in [3.8, 4) is 5.75 Å². The molecule has 0 aliphatic rings. The number of aryl methyl sites for hydroxylation is 1. The van der Waals surface area contributed by atoms with Crippen molar-refractivity contribution in [3.63, 3.8) is 0 Å². The molecule has 0 bridgehead atoms. The molecular formula is C22H20O3S. The maximum Gasteiger partial charge on any atom is 0.339 e. The van der Waals surface area contributed by atoms with Crippen molar-refractivity contribution in [3.05, 3.63) is 102 Å². The van der Waals surface area contributed by atoms with Crippen molar-refractivity contribution in [2.45, 2.75) is 18.2 Å². The Hall–Kier alpha value is -2.85. The zero-order valence-electron chi connectivity index (χ0n) is 14.6. The van der Waals surface area contributed by atoms with Gasteiger partial charge >= 0.3 is 10.1 Å². The fourth-order valence-corrected chi connectivity index (χ4v) is 3.50. The molecule has 0 atom stereocenters. The molecule has 3 rings (SSSR count). The number of benzene rings is 3. The molecule has 0 radical (unpaired) electrons. The van der Waals surface area contributed by atoms with Crippen molar-refractivity contribution in [2.75, 3.05) is 0 Å². The smallest absolute Gasteiger partial charge is 0.339 e. The number of hydrogen-bond donors (Lipinski definition) is 0. The highest BCUT2D eigenvalue weighted by atomic mass is 32.2. The fraction of sp³-hybridized carbons (Fsp3) is 0.0909. The van der Waals surface area contributed by atoms with Crippen molar-refractivity contribution >= 4 is 15.7 Å². The van der Waals surface area contributed by atoms with E-state index in [0.717, 1.165) is 22.3 Å². The molecule has 0 spiro atoms. The molecule has 3 aromatic rings. The van der Waals surface area contributed by atoms with Crippen LogP contribution >= 0.6 is 0 Å². The van der Waals surface area contributed by atoms with Gasteiger partial charge in [-0.3, -0.25) is 0 Å². The van der Waals surface area contributed by atoms with Crippen LogP contribution in [0.25, 0.3) is 5.57 Å². The predicted octanol–water partition coefficient (Wildman–Crippen LogP) is 5.02. The van der Waals surface area contributed by atoms with Crippen LogP contribution in [0.15, 0.2) is 90.3 Å². The average Bonchev–Trinajstić information content (AvgIpc) is 2.64. The van der Waals surface area contributed by atoms with Crippen LogP contribution in [0.2, 0.25) is 0 Å². The molecule has 0 saturated carbocycles. The third-order valence-electron chi connectivity index (χ3n) is 4.04. The van der Waals surface area contributed by atoms with Crippen LogP contribution in [0.4, 0.5) is 0 Å². The lowest BCUT2D eigenvalue weighted by Crippen LogP contribution is -2.09. The average molecular weight is 364 g/mol. The van der Waals surface area contributed by atoms with E-state index >= 15 is 0 Å². The van der Waals surface area contributed by atoms with Gasteiger partial charge in [-0.25, -0.2) is 0 Å². The molecule has 0 heterocycles. The minimum Gasteiger partial charge on any atom is -0.379 e. The normalized spacial score (nSPS) is 11.1. The summed E-state index contributed by atoms with van der Waals surface area (Å²) in [7, 11) is -3.83. The van der Waals surface area contributed by atoms with Gasteiger partial charge in [-0.2, -0.15) is 8.42 Å². The molecule has 0 aromatic heterocycles. The lowest BCUT2D eigenvalue weighted by atomic mass is 10.00. The standard InChI is InChI=1S/C22H20O3S/c1-17-8-14-22(15-9-17)26(23,24)25-21-12-10-19(11-13-21)16-18(2)20-6-4-3-5-7-20/h3-15H,2,16H2,1H3. The van der Waals surface area contributed by atoms with Crippen LogP contribution in [0.3, 0.4) is 0 Å². The van der Waals surface area contributed by atoms with Crippen LogP contribution in [0, 0.1) is 6.92 Å². The summed E-state index contributed by atoms with van der Waals surface area (Å²) in [5.41, 5.74) is 4.13. The van der Waals surface area contributed by atoms with Crippen LogP contribution in [0.5, 0.6) is 5.75 Å². The minimum atomic E-state index is -3.83. The minimum absolute atomic E-state index is 0.143. The summed E-state index contributed by atoms with van der Waals surface area (Å²) >= 11 is 0. The monoisotopic (exact) mass is 364 g/mol. The van der Waals surface area contributed by atoms with Gasteiger partial charge in [0.2, 0.25) is 0 Å². The lowest BCUT2D eigenvalue weighted by molar-refractivity contribution is 0.486. The van der Waals surface area contributed by atoms with Gasteiger partial charge in [-0.1, -0.05) is 66.7 Å². The van der Waals surface area contributed by atoms with Gasteiger partial charge in [0.15, 0.2) is 0 Å². The first-order valence-corrected chi connectivity index (χ1v) is 9.68. The SMILES string of the molecule is C=C(Cc1ccc(OS(=O)(=O)c2ccc(C)cc2)cc1)c1ccccc1. The second-order valence-electron chi connectivity index (χ2n) is 6.14.